The van der Waals surface area contributed by atoms with E-state index in [2.05, 4.69) is 12.1 Å². The Labute approximate surface area is 104 Å². The van der Waals surface area contributed by atoms with Gasteiger partial charge in [-0.25, -0.2) is 0 Å². The minimum Gasteiger partial charge on any atom is -0.288 e. The number of fused-ring (bicyclic) bond motifs is 1. The predicted molar refractivity (Wildman–Crippen MR) is 70.4 cm³/mol. The van der Waals surface area contributed by atoms with Gasteiger partial charge in [-0.1, -0.05) is 6.08 Å². The molecule has 0 unspecified atom stereocenters. The summed E-state index contributed by atoms with van der Waals surface area (Å²) in [7, 11) is 0. The van der Waals surface area contributed by atoms with E-state index >= 15 is 0 Å². The lowest BCUT2D eigenvalue weighted by atomic mass is 10.1. The highest BCUT2D eigenvalue weighted by Crippen LogP contribution is 2.33. The number of Topliss-reactive ketones (excluding diaryl/α,β-unsaturated/α-hetero) is 1. The normalized spacial score (nSPS) is 19.4. The molecule has 3 rings (SSSR count). The molecule has 0 saturated heterocycles. The van der Waals surface area contributed by atoms with Crippen molar-refractivity contribution < 1.29 is 4.79 Å². The van der Waals surface area contributed by atoms with Crippen LogP contribution in [0.4, 0.5) is 0 Å². The summed E-state index contributed by atoms with van der Waals surface area (Å²) < 4.78 is 0. The van der Waals surface area contributed by atoms with Gasteiger partial charge in [0.2, 0.25) is 0 Å². The average molecular weight is 250 g/mol. The van der Waals surface area contributed by atoms with E-state index in [-0.39, 0.29) is 0 Å². The number of ketones is 1. The molecule has 84 valence electrons. The molecule has 2 heterocycles. The molecule has 0 radical (unpaired) electrons. The third-order valence-corrected chi connectivity index (χ3v) is 5.43. The number of aryl methyl sites for hydroxylation is 1. The lowest BCUT2D eigenvalue weighted by Gasteiger charge is -2.08. The summed E-state index contributed by atoms with van der Waals surface area (Å²) >= 11 is 3.70. The third-order valence-electron chi connectivity index (χ3n) is 3.18. The van der Waals surface area contributed by atoms with Gasteiger partial charge in [0.25, 0.3) is 0 Å². The molecule has 1 aliphatic heterocycles. The van der Waals surface area contributed by atoms with Gasteiger partial charge in [0.1, 0.15) is 0 Å². The van der Waals surface area contributed by atoms with Gasteiger partial charge in [-0.2, -0.15) is 11.8 Å². The van der Waals surface area contributed by atoms with Crippen LogP contribution in [0.2, 0.25) is 0 Å². The van der Waals surface area contributed by atoms with Gasteiger partial charge < -0.3 is 0 Å². The van der Waals surface area contributed by atoms with Crippen LogP contribution in [-0.2, 0) is 12.2 Å². The van der Waals surface area contributed by atoms with Crippen molar-refractivity contribution in [1.29, 1.82) is 0 Å². The number of hydrogen-bond donors (Lipinski definition) is 0. The van der Waals surface area contributed by atoms with Crippen LogP contribution in [0, 0.1) is 0 Å². The van der Waals surface area contributed by atoms with Crippen LogP contribution in [0.1, 0.15) is 39.4 Å². The third kappa shape index (κ3) is 1.87. The molecular weight excluding hydrogens is 236 g/mol. The van der Waals surface area contributed by atoms with Gasteiger partial charge in [0.05, 0.1) is 4.88 Å². The van der Waals surface area contributed by atoms with E-state index in [1.807, 2.05) is 11.8 Å². The first-order chi connectivity index (χ1) is 7.84. The average Bonchev–Trinajstić information content (AvgIpc) is 2.97. The number of rotatable bonds is 2. The summed E-state index contributed by atoms with van der Waals surface area (Å²) in [4.78, 5) is 14.6. The molecule has 0 spiro atoms. The number of allylic oxidation sites excluding steroid dienone is 2. The van der Waals surface area contributed by atoms with E-state index in [9.17, 15) is 4.79 Å². The molecule has 0 atom stereocenters. The zero-order valence-electron chi connectivity index (χ0n) is 9.12. The summed E-state index contributed by atoms with van der Waals surface area (Å²) in [5.41, 5.74) is 2.45. The summed E-state index contributed by atoms with van der Waals surface area (Å²) in [5, 5.41) is 0. The van der Waals surface area contributed by atoms with Crippen molar-refractivity contribution >= 4 is 28.9 Å². The van der Waals surface area contributed by atoms with Crippen molar-refractivity contribution in [1.82, 2.24) is 0 Å². The minimum absolute atomic E-state index is 0.293. The van der Waals surface area contributed by atoms with Gasteiger partial charge in [0.15, 0.2) is 5.78 Å². The van der Waals surface area contributed by atoms with E-state index in [1.165, 1.54) is 16.2 Å². The van der Waals surface area contributed by atoms with Gasteiger partial charge in [0, 0.05) is 10.6 Å². The van der Waals surface area contributed by atoms with Crippen LogP contribution < -0.4 is 0 Å². The number of thiophene rings is 1. The Hall–Kier alpha value is -0.540. The van der Waals surface area contributed by atoms with Crippen molar-refractivity contribution in [2.45, 2.75) is 31.4 Å². The summed E-state index contributed by atoms with van der Waals surface area (Å²) in [6.45, 7) is 0. The van der Waals surface area contributed by atoms with Crippen molar-refractivity contribution in [2.75, 3.05) is 5.75 Å². The molecule has 16 heavy (non-hydrogen) atoms. The van der Waals surface area contributed by atoms with Gasteiger partial charge in [-0.15, -0.1) is 11.3 Å². The lowest BCUT2D eigenvalue weighted by Crippen LogP contribution is -1.98. The molecular formula is C13H14OS2. The highest BCUT2D eigenvalue weighted by atomic mass is 32.2. The Kier molecular flexibility index (Phi) is 2.90. The first kappa shape index (κ1) is 10.6. The molecule has 1 aliphatic carbocycles. The Morgan fingerprint density at radius 1 is 1.31 bits per heavy atom. The second-order valence-corrected chi connectivity index (χ2v) is 6.55. The summed E-state index contributed by atoms with van der Waals surface area (Å²) in [5.74, 6) is 2.60. The topological polar surface area (TPSA) is 17.1 Å². The zero-order chi connectivity index (χ0) is 11.0. The molecule has 1 aromatic heterocycles. The minimum atomic E-state index is 0.293. The number of carbonyl (C=O) groups excluding carboxylic acids is 1. The maximum absolute atomic E-state index is 12.2. The van der Waals surface area contributed by atoms with Gasteiger partial charge in [-0.05, 0) is 48.6 Å². The first-order valence-electron chi connectivity index (χ1n) is 5.77. The van der Waals surface area contributed by atoms with Gasteiger partial charge >= 0.3 is 0 Å². The molecule has 0 fully saturated rings. The van der Waals surface area contributed by atoms with E-state index in [1.54, 1.807) is 11.3 Å². The standard InChI is InChI=1S/C13H14OS2/c14-13(9-3-1-2-4-9)12-7-10-8-15-6-5-11(10)16-12/h3,7H,1-2,4-6,8H2. The first-order valence-corrected chi connectivity index (χ1v) is 7.75. The van der Waals surface area contributed by atoms with Crippen LogP contribution >= 0.6 is 23.1 Å². The number of hydrogen-bond acceptors (Lipinski definition) is 3. The van der Waals surface area contributed by atoms with Crippen LogP contribution in [0.15, 0.2) is 17.7 Å². The Bertz CT molecular complexity index is 433. The van der Waals surface area contributed by atoms with Crippen molar-refractivity contribution in [3.8, 4) is 0 Å². The van der Waals surface area contributed by atoms with E-state index < -0.39 is 0 Å². The Balaban J connectivity index is 1.89. The fourth-order valence-electron chi connectivity index (χ4n) is 2.29. The quantitative estimate of drug-likeness (QED) is 0.742. The van der Waals surface area contributed by atoms with Gasteiger partial charge in [-0.3, -0.25) is 4.79 Å². The molecule has 0 aromatic carbocycles. The number of carbonyl (C=O) groups is 1. The maximum Gasteiger partial charge on any atom is 0.198 e. The van der Waals surface area contributed by atoms with Crippen molar-refractivity contribution in [3.05, 3.63) is 33.0 Å². The zero-order valence-corrected chi connectivity index (χ0v) is 10.8. The van der Waals surface area contributed by atoms with Crippen LogP contribution in [0.5, 0.6) is 0 Å². The fraction of sp³-hybridized carbons (Fsp3) is 0.462. The van der Waals surface area contributed by atoms with E-state index in [4.69, 9.17) is 0 Å². The molecule has 0 amide bonds. The maximum atomic E-state index is 12.2. The Morgan fingerprint density at radius 2 is 2.25 bits per heavy atom. The molecule has 2 aliphatic rings. The van der Waals surface area contributed by atoms with Crippen molar-refractivity contribution in [3.63, 3.8) is 0 Å². The smallest absolute Gasteiger partial charge is 0.198 e. The fourth-order valence-corrected chi connectivity index (χ4v) is 4.64. The summed E-state index contributed by atoms with van der Waals surface area (Å²) in [6, 6.07) is 2.13. The van der Waals surface area contributed by atoms with E-state index in [0.717, 1.165) is 41.9 Å². The molecule has 1 aromatic rings. The SMILES string of the molecule is O=C(C1=CCCC1)c1cc2c(s1)CCSC2. The highest BCUT2D eigenvalue weighted by Gasteiger charge is 2.20. The molecule has 0 N–H and O–H groups in total. The second-order valence-electron chi connectivity index (χ2n) is 4.31. The van der Waals surface area contributed by atoms with Crippen molar-refractivity contribution in [2.24, 2.45) is 0 Å². The molecule has 1 nitrogen and oxygen atoms in total. The lowest BCUT2D eigenvalue weighted by molar-refractivity contribution is 0.103. The number of thioether (sulfide) groups is 1. The monoisotopic (exact) mass is 250 g/mol. The molecule has 0 bridgehead atoms. The Morgan fingerprint density at radius 3 is 3.00 bits per heavy atom. The predicted octanol–water partition coefficient (Wildman–Crippen LogP) is 3.83. The van der Waals surface area contributed by atoms with E-state index in [0.29, 0.717) is 5.78 Å². The largest absolute Gasteiger partial charge is 0.288 e. The highest BCUT2D eigenvalue weighted by molar-refractivity contribution is 7.98. The molecule has 0 saturated carbocycles. The summed E-state index contributed by atoms with van der Waals surface area (Å²) in [6.07, 6.45) is 6.49. The second kappa shape index (κ2) is 4.38. The molecule has 3 heteroatoms. The van der Waals surface area contributed by atoms with Crippen LogP contribution in [0.25, 0.3) is 0 Å². The van der Waals surface area contributed by atoms with Crippen LogP contribution in [-0.4, -0.2) is 11.5 Å². The van der Waals surface area contributed by atoms with Crippen LogP contribution in [0.3, 0.4) is 0 Å².